The van der Waals surface area contributed by atoms with Crippen molar-refractivity contribution >= 4 is 5.91 Å². The molecule has 24 heavy (non-hydrogen) atoms. The van der Waals surface area contributed by atoms with Crippen LogP contribution < -0.4 is 5.73 Å². The molecule has 1 aromatic heterocycles. The Bertz CT molecular complexity index is 601. The molecule has 4 heteroatoms. The summed E-state index contributed by atoms with van der Waals surface area (Å²) in [5, 5.41) is 0. The number of rotatable bonds is 8. The van der Waals surface area contributed by atoms with E-state index in [1.165, 1.54) is 0 Å². The molecule has 1 amide bonds. The van der Waals surface area contributed by atoms with Crippen molar-refractivity contribution in [2.75, 3.05) is 13.1 Å². The Labute approximate surface area is 144 Å². The van der Waals surface area contributed by atoms with E-state index in [0.717, 1.165) is 18.7 Å². The quantitative estimate of drug-likeness (QED) is 0.812. The van der Waals surface area contributed by atoms with Gasteiger partial charge in [0.25, 0.3) is 0 Å². The molecule has 128 valence electrons. The number of nitrogens with two attached hydrogens (primary N) is 1. The summed E-state index contributed by atoms with van der Waals surface area (Å²) in [6, 6.07) is 15.8. The van der Waals surface area contributed by atoms with Crippen LogP contribution in [0.2, 0.25) is 0 Å². The second-order valence-electron chi connectivity index (χ2n) is 6.32. The molecule has 0 saturated carbocycles. The van der Waals surface area contributed by atoms with E-state index < -0.39 is 5.41 Å². The van der Waals surface area contributed by atoms with Crippen LogP contribution in [0.5, 0.6) is 0 Å². The van der Waals surface area contributed by atoms with E-state index >= 15 is 0 Å². The van der Waals surface area contributed by atoms with Crippen LogP contribution in [0.15, 0.2) is 54.7 Å². The molecular formula is C20H27N3O. The van der Waals surface area contributed by atoms with E-state index in [0.29, 0.717) is 18.2 Å². The highest BCUT2D eigenvalue weighted by molar-refractivity contribution is 5.90. The molecule has 0 saturated heterocycles. The number of carbonyl (C=O) groups excluding carboxylic acids is 1. The van der Waals surface area contributed by atoms with Gasteiger partial charge in [0.15, 0.2) is 0 Å². The summed E-state index contributed by atoms with van der Waals surface area (Å²) in [7, 11) is 0. The van der Waals surface area contributed by atoms with Crippen LogP contribution in [0, 0.1) is 0 Å². The van der Waals surface area contributed by atoms with Crippen molar-refractivity contribution < 1.29 is 4.79 Å². The number of nitrogens with zero attached hydrogens (tertiary/aromatic N) is 2. The zero-order chi connectivity index (χ0) is 17.6. The van der Waals surface area contributed by atoms with Crippen LogP contribution in [0.4, 0.5) is 0 Å². The maximum atomic E-state index is 12.7. The van der Waals surface area contributed by atoms with Gasteiger partial charge in [-0.05, 0) is 44.5 Å². The number of carbonyl (C=O) groups is 1. The normalized spacial score (nSPS) is 13.9. The smallest absolute Gasteiger partial charge is 0.234 e. The predicted octanol–water partition coefficient (Wildman–Crippen LogP) is 2.97. The highest BCUT2D eigenvalue weighted by Crippen LogP contribution is 2.34. The fourth-order valence-electron chi connectivity index (χ4n) is 3.24. The third-order valence-electron chi connectivity index (χ3n) is 4.70. The lowest BCUT2D eigenvalue weighted by atomic mass is 9.73. The number of amides is 1. The largest absolute Gasteiger partial charge is 0.369 e. The Balaban J connectivity index is 2.49. The molecule has 2 aromatic rings. The molecule has 0 fully saturated rings. The maximum absolute atomic E-state index is 12.7. The van der Waals surface area contributed by atoms with Gasteiger partial charge < -0.3 is 10.6 Å². The SMILES string of the molecule is CCN(CCC(C(N)=O)(c1ccccc1)c1ccccn1)C(C)C. The summed E-state index contributed by atoms with van der Waals surface area (Å²) < 4.78 is 0. The molecule has 0 spiro atoms. The number of pyridine rings is 1. The number of benzene rings is 1. The van der Waals surface area contributed by atoms with Crippen molar-refractivity contribution in [2.45, 2.75) is 38.6 Å². The Hall–Kier alpha value is -2.20. The first-order chi connectivity index (χ1) is 11.5. The van der Waals surface area contributed by atoms with Gasteiger partial charge in [-0.1, -0.05) is 43.3 Å². The van der Waals surface area contributed by atoms with Gasteiger partial charge >= 0.3 is 0 Å². The average molecular weight is 325 g/mol. The Morgan fingerprint density at radius 3 is 2.33 bits per heavy atom. The molecule has 0 bridgehead atoms. The summed E-state index contributed by atoms with van der Waals surface area (Å²) >= 11 is 0. The summed E-state index contributed by atoms with van der Waals surface area (Å²) in [6.45, 7) is 8.18. The second-order valence-corrected chi connectivity index (χ2v) is 6.32. The van der Waals surface area contributed by atoms with Crippen molar-refractivity contribution in [3.63, 3.8) is 0 Å². The summed E-state index contributed by atoms with van der Waals surface area (Å²) in [5.41, 5.74) is 6.64. The molecule has 0 aliphatic carbocycles. The van der Waals surface area contributed by atoms with Crippen molar-refractivity contribution in [2.24, 2.45) is 5.73 Å². The number of hydrogen-bond donors (Lipinski definition) is 1. The second kappa shape index (κ2) is 8.06. The lowest BCUT2D eigenvalue weighted by Crippen LogP contribution is -2.46. The van der Waals surface area contributed by atoms with E-state index in [1.54, 1.807) is 6.20 Å². The Morgan fingerprint density at radius 2 is 1.83 bits per heavy atom. The third-order valence-corrected chi connectivity index (χ3v) is 4.70. The van der Waals surface area contributed by atoms with E-state index in [2.05, 4.69) is 30.7 Å². The molecule has 2 rings (SSSR count). The molecule has 0 aliphatic rings. The summed E-state index contributed by atoms with van der Waals surface area (Å²) in [5.74, 6) is -0.354. The summed E-state index contributed by atoms with van der Waals surface area (Å²) in [4.78, 5) is 19.5. The van der Waals surface area contributed by atoms with Gasteiger partial charge in [0.2, 0.25) is 5.91 Å². The minimum atomic E-state index is -0.912. The van der Waals surface area contributed by atoms with Gasteiger partial charge in [-0.25, -0.2) is 0 Å². The molecule has 4 nitrogen and oxygen atoms in total. The Morgan fingerprint density at radius 1 is 1.17 bits per heavy atom. The number of aromatic nitrogens is 1. The standard InChI is InChI=1S/C20H27N3O/c1-4-23(16(2)3)15-13-20(19(21)24,17-10-6-5-7-11-17)18-12-8-9-14-22-18/h5-12,14,16H,4,13,15H2,1-3H3,(H2,21,24). The number of primary amides is 1. The van der Waals surface area contributed by atoms with Crippen LogP contribution in [0.25, 0.3) is 0 Å². The zero-order valence-electron chi connectivity index (χ0n) is 14.8. The molecule has 0 aliphatic heterocycles. The Kier molecular flexibility index (Phi) is 6.10. The van der Waals surface area contributed by atoms with Crippen LogP contribution in [-0.4, -0.2) is 34.9 Å². The van der Waals surface area contributed by atoms with Crippen LogP contribution in [0.3, 0.4) is 0 Å². The van der Waals surface area contributed by atoms with Crippen LogP contribution >= 0.6 is 0 Å². The minimum Gasteiger partial charge on any atom is -0.369 e. The lowest BCUT2D eigenvalue weighted by Gasteiger charge is -2.34. The van der Waals surface area contributed by atoms with Crippen molar-refractivity contribution in [3.05, 3.63) is 66.0 Å². The highest BCUT2D eigenvalue weighted by Gasteiger charge is 2.41. The van der Waals surface area contributed by atoms with Gasteiger partial charge in [0, 0.05) is 18.8 Å². The van der Waals surface area contributed by atoms with Gasteiger partial charge in [-0.15, -0.1) is 0 Å². The van der Waals surface area contributed by atoms with Crippen molar-refractivity contribution in [1.29, 1.82) is 0 Å². The molecular weight excluding hydrogens is 298 g/mol. The van der Waals surface area contributed by atoms with Crippen molar-refractivity contribution in [3.8, 4) is 0 Å². The average Bonchev–Trinajstić information content (AvgIpc) is 2.60. The van der Waals surface area contributed by atoms with E-state index in [-0.39, 0.29) is 5.91 Å². The van der Waals surface area contributed by atoms with Crippen LogP contribution in [0.1, 0.15) is 38.4 Å². The van der Waals surface area contributed by atoms with E-state index in [4.69, 9.17) is 5.73 Å². The van der Waals surface area contributed by atoms with Gasteiger partial charge in [-0.3, -0.25) is 9.78 Å². The van der Waals surface area contributed by atoms with Crippen molar-refractivity contribution in [1.82, 2.24) is 9.88 Å². The monoisotopic (exact) mass is 325 g/mol. The molecule has 1 aromatic carbocycles. The minimum absolute atomic E-state index is 0.354. The fourth-order valence-corrected chi connectivity index (χ4v) is 3.24. The molecule has 0 radical (unpaired) electrons. The first kappa shape index (κ1) is 18.1. The third kappa shape index (κ3) is 3.65. The molecule has 2 N–H and O–H groups in total. The fraction of sp³-hybridized carbons (Fsp3) is 0.400. The van der Waals surface area contributed by atoms with Crippen LogP contribution in [-0.2, 0) is 10.2 Å². The van der Waals surface area contributed by atoms with Gasteiger partial charge in [0.05, 0.1) is 5.69 Å². The maximum Gasteiger partial charge on any atom is 0.234 e. The highest BCUT2D eigenvalue weighted by atomic mass is 16.1. The van der Waals surface area contributed by atoms with E-state index in [1.807, 2.05) is 48.5 Å². The summed E-state index contributed by atoms with van der Waals surface area (Å²) in [6.07, 6.45) is 2.32. The van der Waals surface area contributed by atoms with Gasteiger partial charge in [0.1, 0.15) is 5.41 Å². The van der Waals surface area contributed by atoms with E-state index in [9.17, 15) is 4.79 Å². The first-order valence-corrected chi connectivity index (χ1v) is 8.53. The zero-order valence-corrected chi connectivity index (χ0v) is 14.8. The molecule has 1 heterocycles. The first-order valence-electron chi connectivity index (χ1n) is 8.53. The molecule has 1 unspecified atom stereocenters. The van der Waals surface area contributed by atoms with Gasteiger partial charge in [-0.2, -0.15) is 0 Å². The molecule has 1 atom stereocenters. The number of hydrogen-bond acceptors (Lipinski definition) is 3. The lowest BCUT2D eigenvalue weighted by molar-refractivity contribution is -0.122. The topological polar surface area (TPSA) is 59.2 Å². The predicted molar refractivity (Wildman–Crippen MR) is 97.7 cm³/mol.